The molecule has 2 unspecified atom stereocenters. The van der Waals surface area contributed by atoms with Crippen LogP contribution in [0, 0.1) is 0 Å². The second-order valence-corrected chi connectivity index (χ2v) is 3.96. The van der Waals surface area contributed by atoms with Gasteiger partial charge in [-0.2, -0.15) is 0 Å². The third kappa shape index (κ3) is 1.92. The molecule has 0 spiro atoms. The predicted octanol–water partition coefficient (Wildman–Crippen LogP) is -0.496. The van der Waals surface area contributed by atoms with Crippen LogP contribution in [0.25, 0.3) is 0 Å². The fourth-order valence-electron chi connectivity index (χ4n) is 1.80. The lowest BCUT2D eigenvalue weighted by molar-refractivity contribution is -0.320. The van der Waals surface area contributed by atoms with Crippen molar-refractivity contribution in [1.29, 1.82) is 0 Å². The molecule has 1 heterocycles. The number of aliphatic hydroxyl groups excluding tert-OH is 2. The first-order valence-electron chi connectivity index (χ1n) is 4.53. The minimum absolute atomic E-state index is 0.566. The van der Waals surface area contributed by atoms with Gasteiger partial charge in [0, 0.05) is 14.2 Å². The number of aliphatic hydroxyl groups is 2. The average molecular weight is 206 g/mol. The summed E-state index contributed by atoms with van der Waals surface area (Å²) in [6.45, 7) is 3.56. The maximum Gasteiger partial charge on any atom is 0.186 e. The molecule has 1 aliphatic rings. The van der Waals surface area contributed by atoms with E-state index in [1.54, 1.807) is 13.8 Å². The van der Waals surface area contributed by atoms with Crippen molar-refractivity contribution in [3.63, 3.8) is 0 Å². The van der Waals surface area contributed by atoms with Gasteiger partial charge in [0.05, 0.1) is 5.60 Å². The highest BCUT2D eigenvalue weighted by Gasteiger charge is 2.49. The van der Waals surface area contributed by atoms with Crippen LogP contribution in [-0.2, 0) is 14.2 Å². The Morgan fingerprint density at radius 2 is 1.64 bits per heavy atom. The van der Waals surface area contributed by atoms with E-state index in [4.69, 9.17) is 14.2 Å². The molecule has 0 bridgehead atoms. The van der Waals surface area contributed by atoms with Gasteiger partial charge in [0.25, 0.3) is 0 Å². The predicted molar refractivity (Wildman–Crippen MR) is 48.8 cm³/mol. The standard InChI is InChI=1S/C9H18O5/c1-9(2)7(12-3)5(10)6(11)8(13-4)14-9/h5-8,10-11H,1-4H3/t5?,6-,7+,8?/m0/s1. The molecule has 14 heavy (non-hydrogen) atoms. The maximum absolute atomic E-state index is 9.74. The summed E-state index contributed by atoms with van der Waals surface area (Å²) in [7, 11) is 2.89. The summed E-state index contributed by atoms with van der Waals surface area (Å²) in [6, 6.07) is 0. The van der Waals surface area contributed by atoms with Gasteiger partial charge in [0.15, 0.2) is 6.29 Å². The fraction of sp³-hybridized carbons (Fsp3) is 1.00. The Labute approximate surface area is 83.6 Å². The summed E-state index contributed by atoms with van der Waals surface area (Å²) < 4.78 is 15.5. The van der Waals surface area contributed by atoms with Crippen molar-refractivity contribution in [1.82, 2.24) is 0 Å². The van der Waals surface area contributed by atoms with Crippen molar-refractivity contribution >= 4 is 0 Å². The van der Waals surface area contributed by atoms with Crippen LogP contribution in [0.2, 0.25) is 0 Å². The smallest absolute Gasteiger partial charge is 0.186 e. The topological polar surface area (TPSA) is 68.2 Å². The van der Waals surface area contributed by atoms with Crippen molar-refractivity contribution in [3.05, 3.63) is 0 Å². The second-order valence-electron chi connectivity index (χ2n) is 3.96. The number of hydrogen-bond donors (Lipinski definition) is 2. The lowest BCUT2D eigenvalue weighted by Crippen LogP contribution is -2.62. The van der Waals surface area contributed by atoms with Crippen LogP contribution < -0.4 is 0 Å². The molecule has 1 aliphatic heterocycles. The highest BCUT2D eigenvalue weighted by Crippen LogP contribution is 2.31. The van der Waals surface area contributed by atoms with Gasteiger partial charge in [-0.3, -0.25) is 0 Å². The zero-order chi connectivity index (χ0) is 10.9. The van der Waals surface area contributed by atoms with E-state index < -0.39 is 30.2 Å². The number of rotatable bonds is 2. The van der Waals surface area contributed by atoms with Gasteiger partial charge in [-0.05, 0) is 13.8 Å². The van der Waals surface area contributed by atoms with Crippen molar-refractivity contribution in [2.45, 2.75) is 44.1 Å². The first-order valence-corrected chi connectivity index (χ1v) is 4.53. The van der Waals surface area contributed by atoms with Gasteiger partial charge in [0.1, 0.15) is 18.3 Å². The van der Waals surface area contributed by atoms with Crippen LogP contribution in [0.15, 0.2) is 0 Å². The molecule has 0 amide bonds. The molecule has 1 fully saturated rings. The summed E-state index contributed by atoms with van der Waals surface area (Å²) in [4.78, 5) is 0. The summed E-state index contributed by atoms with van der Waals surface area (Å²) in [5.41, 5.74) is -0.686. The summed E-state index contributed by atoms with van der Waals surface area (Å²) >= 11 is 0. The van der Waals surface area contributed by atoms with E-state index in [0.717, 1.165) is 0 Å². The molecule has 5 nitrogen and oxygen atoms in total. The Kier molecular flexibility index (Phi) is 3.49. The minimum atomic E-state index is -1.09. The Balaban J connectivity index is 2.83. The Hall–Kier alpha value is -0.200. The van der Waals surface area contributed by atoms with Gasteiger partial charge in [-0.1, -0.05) is 0 Å². The molecule has 4 atom stereocenters. The number of hydrogen-bond acceptors (Lipinski definition) is 5. The SMILES string of the molecule is COC1OC(C)(C)[C@H](OC)C(O)[C@@H]1O. The van der Waals surface area contributed by atoms with E-state index in [9.17, 15) is 10.2 Å². The van der Waals surface area contributed by atoms with E-state index in [1.807, 2.05) is 0 Å². The van der Waals surface area contributed by atoms with Gasteiger partial charge >= 0.3 is 0 Å². The summed E-state index contributed by atoms with van der Waals surface area (Å²) in [5, 5.41) is 19.3. The average Bonchev–Trinajstić information content (AvgIpc) is 2.12. The molecule has 0 aromatic rings. The molecule has 1 rings (SSSR count). The molecule has 0 aromatic carbocycles. The Morgan fingerprint density at radius 3 is 2.07 bits per heavy atom. The first kappa shape index (κ1) is 11.9. The van der Waals surface area contributed by atoms with Crippen LogP contribution >= 0.6 is 0 Å². The number of ether oxygens (including phenoxy) is 3. The lowest BCUT2D eigenvalue weighted by atomic mass is 9.90. The van der Waals surface area contributed by atoms with E-state index in [2.05, 4.69) is 0 Å². The Bertz CT molecular complexity index is 194. The summed E-state index contributed by atoms with van der Waals surface area (Å²) in [6.07, 6.45) is -3.47. The van der Waals surface area contributed by atoms with Crippen molar-refractivity contribution in [2.75, 3.05) is 14.2 Å². The molecular weight excluding hydrogens is 188 g/mol. The van der Waals surface area contributed by atoms with Gasteiger partial charge in [-0.15, -0.1) is 0 Å². The fourth-order valence-corrected chi connectivity index (χ4v) is 1.80. The van der Waals surface area contributed by atoms with E-state index >= 15 is 0 Å². The van der Waals surface area contributed by atoms with Crippen molar-refractivity contribution in [3.8, 4) is 0 Å². The van der Waals surface area contributed by atoms with Crippen molar-refractivity contribution < 1.29 is 24.4 Å². The lowest BCUT2D eigenvalue weighted by Gasteiger charge is -2.46. The molecule has 0 radical (unpaired) electrons. The van der Waals surface area contributed by atoms with Crippen LogP contribution in [0.1, 0.15) is 13.8 Å². The summed E-state index contributed by atoms with van der Waals surface area (Å²) in [5.74, 6) is 0. The van der Waals surface area contributed by atoms with E-state index in [-0.39, 0.29) is 0 Å². The quantitative estimate of drug-likeness (QED) is 0.638. The first-order chi connectivity index (χ1) is 6.44. The third-order valence-electron chi connectivity index (χ3n) is 2.53. The molecule has 0 aromatic heterocycles. The molecule has 5 heteroatoms. The molecule has 0 aliphatic carbocycles. The zero-order valence-electron chi connectivity index (χ0n) is 8.93. The molecule has 1 saturated heterocycles. The maximum atomic E-state index is 9.74. The Morgan fingerprint density at radius 1 is 1.07 bits per heavy atom. The van der Waals surface area contributed by atoms with E-state index in [0.29, 0.717) is 0 Å². The van der Waals surface area contributed by atoms with Gasteiger partial charge in [0.2, 0.25) is 0 Å². The highest BCUT2D eigenvalue weighted by atomic mass is 16.7. The van der Waals surface area contributed by atoms with Crippen molar-refractivity contribution in [2.24, 2.45) is 0 Å². The minimum Gasteiger partial charge on any atom is -0.387 e. The zero-order valence-corrected chi connectivity index (χ0v) is 8.93. The second kappa shape index (κ2) is 4.12. The molecule has 0 saturated carbocycles. The molecular formula is C9H18O5. The van der Waals surface area contributed by atoms with Crippen LogP contribution in [0.5, 0.6) is 0 Å². The van der Waals surface area contributed by atoms with Crippen LogP contribution in [-0.4, -0.2) is 54.6 Å². The van der Waals surface area contributed by atoms with Crippen LogP contribution in [0.3, 0.4) is 0 Å². The van der Waals surface area contributed by atoms with Crippen LogP contribution in [0.4, 0.5) is 0 Å². The number of methoxy groups -OCH3 is 2. The monoisotopic (exact) mass is 206 g/mol. The molecule has 84 valence electrons. The van der Waals surface area contributed by atoms with E-state index in [1.165, 1.54) is 14.2 Å². The normalized spacial score (nSPS) is 42.4. The highest BCUT2D eigenvalue weighted by molar-refractivity contribution is 4.95. The van der Waals surface area contributed by atoms with Gasteiger partial charge < -0.3 is 24.4 Å². The van der Waals surface area contributed by atoms with Gasteiger partial charge in [-0.25, -0.2) is 0 Å². The third-order valence-corrected chi connectivity index (χ3v) is 2.53. The molecule has 2 N–H and O–H groups in total. The largest absolute Gasteiger partial charge is 0.387 e.